The minimum atomic E-state index is -0.588. The molecule has 2 heterocycles. The Morgan fingerprint density at radius 1 is 1.37 bits per heavy atom. The van der Waals surface area contributed by atoms with Crippen LogP contribution in [-0.2, 0) is 4.74 Å². The number of hydrogen-bond acceptors (Lipinski definition) is 5. The molecule has 3 rings (SSSR count). The SMILES string of the molecule is Oc1cccc(F)c1-c1nc(C2CCCOC2)no1. The quantitative estimate of drug-likeness (QED) is 0.902. The van der Waals surface area contributed by atoms with Gasteiger partial charge in [-0.3, -0.25) is 0 Å². The number of benzene rings is 1. The van der Waals surface area contributed by atoms with Crippen molar-refractivity contribution in [1.29, 1.82) is 0 Å². The van der Waals surface area contributed by atoms with Crippen molar-refractivity contribution < 1.29 is 18.8 Å². The van der Waals surface area contributed by atoms with E-state index in [0.717, 1.165) is 19.4 Å². The molecule has 0 amide bonds. The number of hydrogen-bond donors (Lipinski definition) is 1. The van der Waals surface area contributed by atoms with Crippen molar-refractivity contribution in [2.45, 2.75) is 18.8 Å². The molecule has 1 N–H and O–H groups in total. The Morgan fingerprint density at radius 3 is 3.00 bits per heavy atom. The van der Waals surface area contributed by atoms with Crippen LogP contribution in [0.25, 0.3) is 11.5 Å². The van der Waals surface area contributed by atoms with Crippen LogP contribution in [0.1, 0.15) is 24.6 Å². The summed E-state index contributed by atoms with van der Waals surface area (Å²) in [6.45, 7) is 1.29. The second kappa shape index (κ2) is 4.97. The lowest BCUT2D eigenvalue weighted by molar-refractivity contribution is 0.0773. The van der Waals surface area contributed by atoms with E-state index in [1.807, 2.05) is 0 Å². The number of aromatic hydroxyl groups is 1. The molecule has 1 atom stereocenters. The fourth-order valence-corrected chi connectivity index (χ4v) is 2.17. The summed E-state index contributed by atoms with van der Waals surface area (Å²) < 4.78 is 24.1. The van der Waals surface area contributed by atoms with Gasteiger partial charge >= 0.3 is 0 Å². The Labute approximate surface area is 109 Å². The van der Waals surface area contributed by atoms with Crippen molar-refractivity contribution in [1.82, 2.24) is 10.1 Å². The van der Waals surface area contributed by atoms with Crippen molar-refractivity contribution >= 4 is 0 Å². The molecule has 0 aliphatic carbocycles. The maximum Gasteiger partial charge on any atom is 0.264 e. The van der Waals surface area contributed by atoms with Gasteiger partial charge in [0, 0.05) is 12.5 Å². The first-order valence-corrected chi connectivity index (χ1v) is 6.15. The first-order chi connectivity index (χ1) is 9.25. The monoisotopic (exact) mass is 264 g/mol. The molecule has 1 fully saturated rings. The summed E-state index contributed by atoms with van der Waals surface area (Å²) in [5.74, 6) is -0.237. The van der Waals surface area contributed by atoms with Crippen LogP contribution in [0.2, 0.25) is 0 Å². The van der Waals surface area contributed by atoms with E-state index < -0.39 is 5.82 Å². The number of halogens is 1. The van der Waals surface area contributed by atoms with Crippen molar-refractivity contribution in [3.05, 3.63) is 29.8 Å². The number of aromatic nitrogens is 2. The van der Waals surface area contributed by atoms with Gasteiger partial charge < -0.3 is 14.4 Å². The highest BCUT2D eigenvalue weighted by atomic mass is 19.1. The van der Waals surface area contributed by atoms with Crippen molar-refractivity contribution in [2.75, 3.05) is 13.2 Å². The highest BCUT2D eigenvalue weighted by molar-refractivity contribution is 5.62. The molecule has 0 spiro atoms. The molecular formula is C13H13FN2O3. The molecule has 1 unspecified atom stereocenters. The Kier molecular flexibility index (Phi) is 3.16. The van der Waals surface area contributed by atoms with Crippen LogP contribution in [-0.4, -0.2) is 28.5 Å². The first kappa shape index (κ1) is 12.1. The van der Waals surface area contributed by atoms with Gasteiger partial charge in [-0.05, 0) is 25.0 Å². The molecule has 2 aromatic rings. The molecule has 1 aromatic heterocycles. The summed E-state index contributed by atoms with van der Waals surface area (Å²) in [6, 6.07) is 4.04. The fraction of sp³-hybridized carbons (Fsp3) is 0.385. The normalized spacial score (nSPS) is 19.5. The molecular weight excluding hydrogens is 251 g/mol. The smallest absolute Gasteiger partial charge is 0.264 e. The average Bonchev–Trinajstić information content (AvgIpc) is 2.89. The highest BCUT2D eigenvalue weighted by Crippen LogP contribution is 2.32. The maximum atomic E-state index is 13.7. The largest absolute Gasteiger partial charge is 0.507 e. The van der Waals surface area contributed by atoms with Gasteiger partial charge in [0.05, 0.1) is 6.61 Å². The summed E-state index contributed by atoms with van der Waals surface area (Å²) >= 11 is 0. The highest BCUT2D eigenvalue weighted by Gasteiger charge is 2.24. The second-order valence-electron chi connectivity index (χ2n) is 4.51. The molecule has 1 aliphatic heterocycles. The molecule has 1 aromatic carbocycles. The first-order valence-electron chi connectivity index (χ1n) is 6.15. The van der Waals surface area contributed by atoms with E-state index in [1.165, 1.54) is 18.2 Å². The lowest BCUT2D eigenvalue weighted by Crippen LogP contribution is -2.16. The molecule has 0 radical (unpaired) electrons. The molecule has 100 valence electrons. The Bertz CT molecular complexity index is 559. The molecule has 5 nitrogen and oxygen atoms in total. The summed E-state index contributed by atoms with van der Waals surface area (Å²) in [4.78, 5) is 4.17. The summed E-state index contributed by atoms with van der Waals surface area (Å²) in [7, 11) is 0. The van der Waals surface area contributed by atoms with Crippen molar-refractivity contribution in [3.63, 3.8) is 0 Å². The number of nitrogens with zero attached hydrogens (tertiary/aromatic N) is 2. The van der Waals surface area contributed by atoms with Crippen LogP contribution in [0, 0.1) is 5.82 Å². The van der Waals surface area contributed by atoms with Crippen molar-refractivity contribution in [3.8, 4) is 17.2 Å². The molecule has 0 bridgehead atoms. The van der Waals surface area contributed by atoms with Gasteiger partial charge in [-0.2, -0.15) is 4.98 Å². The number of ether oxygens (including phenoxy) is 1. The lowest BCUT2D eigenvalue weighted by Gasteiger charge is -2.18. The Hall–Kier alpha value is -1.95. The van der Waals surface area contributed by atoms with Gasteiger partial charge in [0.15, 0.2) is 5.82 Å². The van der Waals surface area contributed by atoms with Crippen LogP contribution < -0.4 is 0 Å². The minimum absolute atomic E-state index is 0.00354. The molecule has 0 saturated carbocycles. The number of phenolic OH excluding ortho intramolecular Hbond substituents is 1. The third-order valence-electron chi connectivity index (χ3n) is 3.17. The maximum absolute atomic E-state index is 13.7. The minimum Gasteiger partial charge on any atom is -0.507 e. The zero-order valence-electron chi connectivity index (χ0n) is 10.2. The van der Waals surface area contributed by atoms with E-state index >= 15 is 0 Å². The van der Waals surface area contributed by atoms with Gasteiger partial charge in [0.2, 0.25) is 0 Å². The van der Waals surface area contributed by atoms with E-state index in [2.05, 4.69) is 10.1 Å². The summed E-state index contributed by atoms with van der Waals surface area (Å²) in [5.41, 5.74) is -0.0574. The number of rotatable bonds is 2. The van der Waals surface area contributed by atoms with E-state index in [0.29, 0.717) is 12.4 Å². The van der Waals surface area contributed by atoms with E-state index in [9.17, 15) is 9.50 Å². The zero-order chi connectivity index (χ0) is 13.2. The molecule has 1 saturated heterocycles. The molecule has 19 heavy (non-hydrogen) atoms. The third kappa shape index (κ3) is 2.31. The van der Waals surface area contributed by atoms with Gasteiger partial charge in [0.1, 0.15) is 17.1 Å². The topological polar surface area (TPSA) is 68.4 Å². The molecule has 1 aliphatic rings. The average molecular weight is 264 g/mol. The van der Waals surface area contributed by atoms with Crippen LogP contribution in [0.3, 0.4) is 0 Å². The van der Waals surface area contributed by atoms with Gasteiger partial charge in [-0.25, -0.2) is 4.39 Å². The number of phenols is 1. The molecule has 6 heteroatoms. The Morgan fingerprint density at radius 2 is 2.26 bits per heavy atom. The Balaban J connectivity index is 1.92. The summed E-state index contributed by atoms with van der Waals surface area (Å²) in [6.07, 6.45) is 1.86. The van der Waals surface area contributed by atoms with E-state index in [-0.39, 0.29) is 23.1 Å². The van der Waals surface area contributed by atoms with E-state index in [1.54, 1.807) is 0 Å². The zero-order valence-corrected chi connectivity index (χ0v) is 10.2. The predicted molar refractivity (Wildman–Crippen MR) is 64.2 cm³/mol. The standard InChI is InChI=1S/C13H13FN2O3/c14-9-4-1-5-10(17)11(9)13-15-12(16-19-13)8-3-2-6-18-7-8/h1,4-5,8,17H,2-3,6-7H2. The van der Waals surface area contributed by atoms with Crippen LogP contribution >= 0.6 is 0 Å². The van der Waals surface area contributed by atoms with Crippen molar-refractivity contribution in [2.24, 2.45) is 0 Å². The van der Waals surface area contributed by atoms with Gasteiger partial charge in [-0.15, -0.1) is 0 Å². The summed E-state index contributed by atoms with van der Waals surface area (Å²) in [5, 5.41) is 13.5. The van der Waals surface area contributed by atoms with Gasteiger partial charge in [0.25, 0.3) is 5.89 Å². The van der Waals surface area contributed by atoms with Crippen LogP contribution in [0.4, 0.5) is 4.39 Å². The van der Waals surface area contributed by atoms with Crippen LogP contribution in [0.15, 0.2) is 22.7 Å². The van der Waals surface area contributed by atoms with E-state index in [4.69, 9.17) is 9.26 Å². The fourth-order valence-electron chi connectivity index (χ4n) is 2.17. The van der Waals surface area contributed by atoms with Crippen LogP contribution in [0.5, 0.6) is 5.75 Å². The second-order valence-corrected chi connectivity index (χ2v) is 4.51. The third-order valence-corrected chi connectivity index (χ3v) is 3.17. The lowest BCUT2D eigenvalue weighted by atomic mass is 10.0. The van der Waals surface area contributed by atoms with Gasteiger partial charge in [-0.1, -0.05) is 11.2 Å². The predicted octanol–water partition coefficient (Wildman–Crippen LogP) is 2.48.